The van der Waals surface area contributed by atoms with Crippen LogP contribution in [0.15, 0.2) is 66.7 Å². The lowest BCUT2D eigenvalue weighted by Gasteiger charge is -2.26. The van der Waals surface area contributed by atoms with E-state index in [1.165, 1.54) is 5.56 Å². The lowest BCUT2D eigenvalue weighted by atomic mass is 10.0. The number of hydrogen-bond donors (Lipinski definition) is 1. The van der Waals surface area contributed by atoms with E-state index in [-0.39, 0.29) is 11.8 Å². The van der Waals surface area contributed by atoms with Gasteiger partial charge in [0.25, 0.3) is 0 Å². The Morgan fingerprint density at radius 1 is 1.00 bits per heavy atom. The summed E-state index contributed by atoms with van der Waals surface area (Å²) in [6, 6.07) is 22.3. The van der Waals surface area contributed by atoms with E-state index in [0.717, 1.165) is 53.4 Å². The van der Waals surface area contributed by atoms with Gasteiger partial charge in [0, 0.05) is 23.9 Å². The minimum absolute atomic E-state index is 0.0502. The fraction of sp³-hybridized carbons (Fsp3) is 0.179. The van der Waals surface area contributed by atoms with Crippen LogP contribution in [0.5, 0.6) is 0 Å². The number of thiazole rings is 1. The van der Waals surface area contributed by atoms with E-state index in [9.17, 15) is 9.59 Å². The van der Waals surface area contributed by atoms with Gasteiger partial charge in [0.1, 0.15) is 10.0 Å². The van der Waals surface area contributed by atoms with Gasteiger partial charge < -0.3 is 10.2 Å². The Morgan fingerprint density at radius 3 is 2.66 bits per heavy atom. The minimum Gasteiger partial charge on any atom is -0.337 e. The molecule has 1 aliphatic rings. The second kappa shape index (κ2) is 8.91. The number of hydrogen-bond acceptors (Lipinski definition) is 5. The van der Waals surface area contributed by atoms with E-state index < -0.39 is 0 Å². The molecule has 3 aromatic carbocycles. The van der Waals surface area contributed by atoms with Crippen molar-refractivity contribution < 1.29 is 9.59 Å². The molecule has 5 nitrogen and oxygen atoms in total. The lowest BCUT2D eigenvalue weighted by molar-refractivity contribution is -0.129. The van der Waals surface area contributed by atoms with Crippen LogP contribution in [-0.2, 0) is 29.0 Å². The third-order valence-corrected chi connectivity index (χ3v) is 8.68. The highest BCUT2D eigenvalue weighted by molar-refractivity contribution is 7.22. The second-order valence-corrected chi connectivity index (χ2v) is 10.9. The second-order valence-electron chi connectivity index (χ2n) is 8.75. The Morgan fingerprint density at radius 2 is 1.80 bits per heavy atom. The topological polar surface area (TPSA) is 62.3 Å². The van der Waals surface area contributed by atoms with E-state index in [0.29, 0.717) is 19.5 Å². The standard InChI is InChI=1S/C28H23N3O2S2/c1-17(32)31-14-13-21-24(16-31)35-28(26(21)27-29-22-11-4-5-12-23(22)34-27)30-25(33)15-19-9-6-8-18-7-2-3-10-20(18)19/h2-12H,13-16H2,1H3,(H,30,33). The number of fused-ring (bicyclic) bond motifs is 3. The van der Waals surface area contributed by atoms with Crippen molar-refractivity contribution in [3.63, 3.8) is 0 Å². The van der Waals surface area contributed by atoms with Gasteiger partial charge in [-0.25, -0.2) is 4.98 Å². The molecule has 0 radical (unpaired) electrons. The number of rotatable bonds is 4. The summed E-state index contributed by atoms with van der Waals surface area (Å²) < 4.78 is 1.12. The normalized spacial score (nSPS) is 13.2. The fourth-order valence-electron chi connectivity index (χ4n) is 4.76. The number of aromatic nitrogens is 1. The molecule has 5 aromatic rings. The first kappa shape index (κ1) is 21.9. The van der Waals surface area contributed by atoms with Gasteiger partial charge >= 0.3 is 0 Å². The molecule has 2 aromatic heterocycles. The van der Waals surface area contributed by atoms with Crippen molar-refractivity contribution >= 4 is 60.5 Å². The quantitative estimate of drug-likeness (QED) is 0.319. The largest absolute Gasteiger partial charge is 0.337 e. The van der Waals surface area contributed by atoms with Gasteiger partial charge in [-0.15, -0.1) is 22.7 Å². The van der Waals surface area contributed by atoms with Gasteiger partial charge in [-0.2, -0.15) is 0 Å². The van der Waals surface area contributed by atoms with Gasteiger partial charge in [-0.05, 0) is 40.5 Å². The first-order valence-electron chi connectivity index (χ1n) is 11.6. The zero-order valence-corrected chi connectivity index (χ0v) is 20.8. The van der Waals surface area contributed by atoms with Crippen molar-refractivity contribution in [2.75, 3.05) is 11.9 Å². The van der Waals surface area contributed by atoms with E-state index in [4.69, 9.17) is 4.98 Å². The Kier molecular flexibility index (Phi) is 5.59. The number of nitrogens with zero attached hydrogens (tertiary/aromatic N) is 2. The van der Waals surface area contributed by atoms with Crippen molar-refractivity contribution in [2.24, 2.45) is 0 Å². The maximum absolute atomic E-state index is 13.3. The van der Waals surface area contributed by atoms with Crippen LogP contribution in [-0.4, -0.2) is 28.2 Å². The molecule has 0 fully saturated rings. The average molecular weight is 498 g/mol. The lowest BCUT2D eigenvalue weighted by Crippen LogP contribution is -2.33. The summed E-state index contributed by atoms with van der Waals surface area (Å²) in [5.41, 5.74) is 4.18. The molecule has 1 N–H and O–H groups in total. The molecule has 2 amide bonds. The predicted octanol–water partition coefficient (Wildman–Crippen LogP) is 6.26. The molecule has 0 unspecified atom stereocenters. The van der Waals surface area contributed by atoms with Gasteiger partial charge in [-0.3, -0.25) is 9.59 Å². The third-order valence-electron chi connectivity index (χ3n) is 6.49. The first-order chi connectivity index (χ1) is 17.1. The van der Waals surface area contributed by atoms with Crippen molar-refractivity contribution in [1.29, 1.82) is 0 Å². The molecule has 0 spiro atoms. The molecule has 1 aliphatic heterocycles. The number of thiophene rings is 1. The molecular weight excluding hydrogens is 474 g/mol. The van der Waals surface area contributed by atoms with Crippen molar-refractivity contribution in [2.45, 2.75) is 26.3 Å². The number of benzene rings is 3. The molecule has 3 heterocycles. The highest BCUT2D eigenvalue weighted by Gasteiger charge is 2.28. The van der Waals surface area contributed by atoms with E-state index >= 15 is 0 Å². The molecule has 7 heteroatoms. The van der Waals surface area contributed by atoms with Crippen molar-refractivity contribution in [3.05, 3.63) is 82.7 Å². The average Bonchev–Trinajstić information content (AvgIpc) is 3.44. The summed E-state index contributed by atoms with van der Waals surface area (Å²) in [6.45, 7) is 2.87. The summed E-state index contributed by atoms with van der Waals surface area (Å²) >= 11 is 3.22. The Labute approximate surface area is 211 Å². The van der Waals surface area contributed by atoms with Gasteiger partial charge in [-0.1, -0.05) is 54.6 Å². The smallest absolute Gasteiger partial charge is 0.229 e. The zero-order valence-electron chi connectivity index (χ0n) is 19.2. The van der Waals surface area contributed by atoms with Gasteiger partial charge in [0.05, 0.1) is 23.2 Å². The third kappa shape index (κ3) is 4.11. The molecule has 6 rings (SSSR count). The predicted molar refractivity (Wildman–Crippen MR) is 144 cm³/mol. The first-order valence-corrected chi connectivity index (χ1v) is 13.2. The summed E-state index contributed by atoms with van der Waals surface area (Å²) in [4.78, 5) is 33.2. The summed E-state index contributed by atoms with van der Waals surface area (Å²) in [7, 11) is 0. The maximum Gasteiger partial charge on any atom is 0.229 e. The molecule has 0 saturated heterocycles. The fourth-order valence-corrected chi connectivity index (χ4v) is 7.15. The van der Waals surface area contributed by atoms with Crippen LogP contribution >= 0.6 is 22.7 Å². The van der Waals surface area contributed by atoms with Gasteiger partial charge in [0.2, 0.25) is 11.8 Å². The van der Waals surface area contributed by atoms with E-state index in [1.54, 1.807) is 29.6 Å². The minimum atomic E-state index is -0.0502. The van der Waals surface area contributed by atoms with Crippen LogP contribution in [0.25, 0.3) is 31.6 Å². The van der Waals surface area contributed by atoms with Crippen LogP contribution in [0, 0.1) is 0 Å². The Balaban J connectivity index is 1.37. The molecule has 174 valence electrons. The van der Waals surface area contributed by atoms with Crippen molar-refractivity contribution in [1.82, 2.24) is 9.88 Å². The van der Waals surface area contributed by atoms with Crippen LogP contribution < -0.4 is 5.32 Å². The van der Waals surface area contributed by atoms with E-state index in [2.05, 4.69) is 29.6 Å². The summed E-state index contributed by atoms with van der Waals surface area (Å²) in [5.74, 6) is 0.0258. The Hall–Kier alpha value is -3.55. The highest BCUT2D eigenvalue weighted by atomic mass is 32.1. The molecule has 0 saturated carbocycles. The molecular formula is C28H23N3O2S2. The van der Waals surface area contributed by atoms with Crippen LogP contribution in [0.4, 0.5) is 5.00 Å². The number of para-hydroxylation sites is 1. The number of nitrogens with one attached hydrogen (secondary N) is 1. The Bertz CT molecular complexity index is 1560. The highest BCUT2D eigenvalue weighted by Crippen LogP contribution is 2.45. The number of carbonyl (C=O) groups excluding carboxylic acids is 2. The number of anilines is 1. The van der Waals surface area contributed by atoms with Crippen molar-refractivity contribution in [3.8, 4) is 10.6 Å². The molecule has 0 aliphatic carbocycles. The molecule has 0 bridgehead atoms. The maximum atomic E-state index is 13.3. The van der Waals surface area contributed by atoms with Gasteiger partial charge in [0.15, 0.2) is 0 Å². The number of amides is 2. The summed E-state index contributed by atoms with van der Waals surface area (Å²) in [5, 5.41) is 7.18. The zero-order chi connectivity index (χ0) is 23.9. The number of carbonyl (C=O) groups is 2. The molecule has 0 atom stereocenters. The SMILES string of the molecule is CC(=O)N1CCc2c(sc(NC(=O)Cc3cccc4ccccc34)c2-c2nc3ccccc3s2)C1. The van der Waals surface area contributed by atoms with E-state index in [1.807, 2.05) is 47.4 Å². The monoisotopic (exact) mass is 497 g/mol. The van der Waals surface area contributed by atoms with Crippen LogP contribution in [0.3, 0.4) is 0 Å². The summed E-state index contributed by atoms with van der Waals surface area (Å²) in [6.07, 6.45) is 1.05. The van der Waals surface area contributed by atoms with Crippen LogP contribution in [0.2, 0.25) is 0 Å². The molecule has 35 heavy (non-hydrogen) atoms. The van der Waals surface area contributed by atoms with Crippen LogP contribution in [0.1, 0.15) is 22.9 Å².